The molecule has 0 saturated carbocycles. The molecule has 6 heteroatoms. The molecule has 92 valence electrons. The summed E-state index contributed by atoms with van der Waals surface area (Å²) in [5.41, 5.74) is 0.176. The SMILES string of the molecule is CON(C)C(=O)c1ccc(NC(C)=O)cc1F. The summed E-state index contributed by atoms with van der Waals surface area (Å²) >= 11 is 0. The van der Waals surface area contributed by atoms with Crippen LogP contribution in [-0.4, -0.2) is 31.0 Å². The summed E-state index contributed by atoms with van der Waals surface area (Å²) in [6.07, 6.45) is 0. The van der Waals surface area contributed by atoms with Crippen molar-refractivity contribution in [1.82, 2.24) is 5.06 Å². The Morgan fingerprint density at radius 2 is 2.06 bits per heavy atom. The molecule has 2 amide bonds. The van der Waals surface area contributed by atoms with E-state index >= 15 is 0 Å². The highest BCUT2D eigenvalue weighted by Crippen LogP contribution is 2.16. The number of nitrogens with zero attached hydrogens (tertiary/aromatic N) is 1. The highest BCUT2D eigenvalue weighted by molar-refractivity contribution is 5.95. The lowest BCUT2D eigenvalue weighted by atomic mass is 10.1. The molecule has 1 aromatic carbocycles. The van der Waals surface area contributed by atoms with Gasteiger partial charge in [-0.2, -0.15) is 0 Å². The first kappa shape index (κ1) is 13.1. The van der Waals surface area contributed by atoms with Crippen molar-refractivity contribution in [1.29, 1.82) is 0 Å². The number of halogens is 1. The van der Waals surface area contributed by atoms with Crippen molar-refractivity contribution in [2.45, 2.75) is 6.92 Å². The first-order valence-corrected chi connectivity index (χ1v) is 4.85. The van der Waals surface area contributed by atoms with Crippen LogP contribution in [-0.2, 0) is 9.63 Å². The summed E-state index contributed by atoms with van der Waals surface area (Å²) in [5, 5.41) is 3.33. The van der Waals surface area contributed by atoms with Crippen molar-refractivity contribution >= 4 is 17.5 Å². The Morgan fingerprint density at radius 1 is 1.41 bits per heavy atom. The minimum absolute atomic E-state index is 0.122. The Balaban J connectivity index is 2.97. The van der Waals surface area contributed by atoms with Crippen molar-refractivity contribution in [3.8, 4) is 0 Å². The third-order valence-corrected chi connectivity index (χ3v) is 2.08. The number of nitrogens with one attached hydrogen (secondary N) is 1. The van der Waals surface area contributed by atoms with Crippen LogP contribution >= 0.6 is 0 Å². The molecule has 0 aromatic heterocycles. The van der Waals surface area contributed by atoms with Gasteiger partial charge in [0.05, 0.1) is 12.7 Å². The van der Waals surface area contributed by atoms with Crippen molar-refractivity contribution in [3.05, 3.63) is 29.6 Å². The number of carbonyl (C=O) groups excluding carboxylic acids is 2. The summed E-state index contributed by atoms with van der Waals surface area (Å²) in [6, 6.07) is 3.82. The van der Waals surface area contributed by atoms with Crippen molar-refractivity contribution in [3.63, 3.8) is 0 Å². The normalized spacial score (nSPS) is 9.88. The molecule has 17 heavy (non-hydrogen) atoms. The Kier molecular flexibility index (Phi) is 4.17. The fraction of sp³-hybridized carbons (Fsp3) is 0.273. The smallest absolute Gasteiger partial charge is 0.280 e. The van der Waals surface area contributed by atoms with E-state index in [1.165, 1.54) is 33.2 Å². The highest BCUT2D eigenvalue weighted by atomic mass is 19.1. The van der Waals surface area contributed by atoms with E-state index in [2.05, 4.69) is 10.2 Å². The second kappa shape index (κ2) is 5.40. The molecule has 0 saturated heterocycles. The summed E-state index contributed by atoms with van der Waals surface area (Å²) in [7, 11) is 2.69. The molecule has 0 unspecified atom stereocenters. The fourth-order valence-corrected chi connectivity index (χ4v) is 1.22. The molecule has 0 fully saturated rings. The lowest BCUT2D eigenvalue weighted by Gasteiger charge is -2.14. The minimum Gasteiger partial charge on any atom is -0.326 e. The minimum atomic E-state index is -0.717. The van der Waals surface area contributed by atoms with Crippen LogP contribution in [0, 0.1) is 5.82 Å². The van der Waals surface area contributed by atoms with E-state index in [0.717, 1.165) is 11.1 Å². The van der Waals surface area contributed by atoms with E-state index in [0.29, 0.717) is 5.69 Å². The fourth-order valence-electron chi connectivity index (χ4n) is 1.22. The molecule has 0 aliphatic carbocycles. The number of anilines is 1. The van der Waals surface area contributed by atoms with Gasteiger partial charge in [-0.05, 0) is 18.2 Å². The van der Waals surface area contributed by atoms with Gasteiger partial charge in [0.15, 0.2) is 0 Å². The van der Waals surface area contributed by atoms with Crippen LogP contribution in [0.3, 0.4) is 0 Å². The second-order valence-electron chi connectivity index (χ2n) is 3.36. The van der Waals surface area contributed by atoms with E-state index in [1.54, 1.807) is 0 Å². The Morgan fingerprint density at radius 3 is 2.53 bits per heavy atom. The lowest BCUT2D eigenvalue weighted by molar-refractivity contribution is -0.114. The average Bonchev–Trinajstić information content (AvgIpc) is 2.26. The molecule has 1 aromatic rings. The molecular weight excluding hydrogens is 227 g/mol. The molecule has 0 atom stereocenters. The first-order chi connectivity index (χ1) is 7.95. The van der Waals surface area contributed by atoms with E-state index in [4.69, 9.17) is 0 Å². The van der Waals surface area contributed by atoms with Gasteiger partial charge >= 0.3 is 0 Å². The van der Waals surface area contributed by atoms with Crippen LogP contribution in [0.25, 0.3) is 0 Å². The standard InChI is InChI=1S/C11H13FN2O3/c1-7(15)13-8-4-5-9(10(12)6-8)11(16)14(2)17-3/h4-6H,1-3H3,(H,13,15). The predicted octanol–water partition coefficient (Wildman–Crippen LogP) is 1.42. The van der Waals surface area contributed by atoms with Crippen LogP contribution < -0.4 is 5.32 Å². The Labute approximate surface area is 98.1 Å². The van der Waals surface area contributed by atoms with Gasteiger partial charge < -0.3 is 5.32 Å². The second-order valence-corrected chi connectivity index (χ2v) is 3.36. The predicted molar refractivity (Wildman–Crippen MR) is 59.8 cm³/mol. The maximum Gasteiger partial charge on any atom is 0.280 e. The van der Waals surface area contributed by atoms with Gasteiger partial charge in [-0.3, -0.25) is 14.4 Å². The third-order valence-electron chi connectivity index (χ3n) is 2.08. The van der Waals surface area contributed by atoms with Crippen molar-refractivity contribution in [2.75, 3.05) is 19.5 Å². The maximum atomic E-state index is 13.6. The summed E-state index contributed by atoms with van der Waals surface area (Å²) in [6.45, 7) is 1.32. The number of amides is 2. The van der Waals surface area contributed by atoms with Gasteiger partial charge in [-0.15, -0.1) is 0 Å². The van der Waals surface area contributed by atoms with Gasteiger partial charge in [0, 0.05) is 19.7 Å². The quantitative estimate of drug-likeness (QED) is 0.813. The molecular formula is C11H13FN2O3. The Hall–Kier alpha value is -1.95. The Bertz CT molecular complexity index is 448. The zero-order valence-electron chi connectivity index (χ0n) is 9.78. The molecule has 0 heterocycles. The maximum absolute atomic E-state index is 13.6. The summed E-state index contributed by atoms with van der Waals surface area (Å²) in [4.78, 5) is 27.0. The van der Waals surface area contributed by atoms with Gasteiger partial charge in [-0.25, -0.2) is 9.45 Å². The molecule has 5 nitrogen and oxygen atoms in total. The lowest BCUT2D eigenvalue weighted by Crippen LogP contribution is -2.26. The monoisotopic (exact) mass is 240 g/mol. The molecule has 1 N–H and O–H groups in total. The van der Waals surface area contributed by atoms with Gasteiger partial charge in [0.25, 0.3) is 5.91 Å². The summed E-state index contributed by atoms with van der Waals surface area (Å²) < 4.78 is 13.6. The van der Waals surface area contributed by atoms with Crippen LogP contribution in [0.15, 0.2) is 18.2 Å². The zero-order chi connectivity index (χ0) is 13.0. The number of carbonyl (C=O) groups is 2. The number of hydroxylamine groups is 2. The molecule has 0 bridgehead atoms. The summed E-state index contributed by atoms with van der Waals surface area (Å²) in [5.74, 6) is -1.62. The molecule has 0 radical (unpaired) electrons. The molecule has 0 aliphatic heterocycles. The number of hydrogen-bond donors (Lipinski definition) is 1. The zero-order valence-corrected chi connectivity index (χ0v) is 9.78. The number of benzene rings is 1. The van der Waals surface area contributed by atoms with E-state index in [9.17, 15) is 14.0 Å². The topological polar surface area (TPSA) is 58.6 Å². The third kappa shape index (κ3) is 3.25. The van der Waals surface area contributed by atoms with Crippen molar-refractivity contribution in [2.24, 2.45) is 0 Å². The van der Waals surface area contributed by atoms with E-state index < -0.39 is 11.7 Å². The van der Waals surface area contributed by atoms with Gasteiger partial charge in [0.1, 0.15) is 5.82 Å². The van der Waals surface area contributed by atoms with Gasteiger partial charge in [-0.1, -0.05) is 0 Å². The van der Waals surface area contributed by atoms with Gasteiger partial charge in [0.2, 0.25) is 5.91 Å². The van der Waals surface area contributed by atoms with E-state index in [1.807, 2.05) is 0 Å². The van der Waals surface area contributed by atoms with Crippen LogP contribution in [0.2, 0.25) is 0 Å². The van der Waals surface area contributed by atoms with E-state index in [-0.39, 0.29) is 11.5 Å². The molecule has 0 spiro atoms. The molecule has 0 aliphatic rings. The number of hydrogen-bond acceptors (Lipinski definition) is 3. The van der Waals surface area contributed by atoms with Crippen LogP contribution in [0.4, 0.5) is 10.1 Å². The van der Waals surface area contributed by atoms with Crippen LogP contribution in [0.1, 0.15) is 17.3 Å². The molecule has 1 rings (SSSR count). The van der Waals surface area contributed by atoms with Crippen LogP contribution in [0.5, 0.6) is 0 Å². The average molecular weight is 240 g/mol. The highest BCUT2D eigenvalue weighted by Gasteiger charge is 2.16. The largest absolute Gasteiger partial charge is 0.326 e. The van der Waals surface area contributed by atoms with Crippen molar-refractivity contribution < 1.29 is 18.8 Å². The first-order valence-electron chi connectivity index (χ1n) is 4.85. The number of rotatable bonds is 3.